The molecule has 30 heavy (non-hydrogen) atoms. The molecule has 1 aromatic carbocycles. The summed E-state index contributed by atoms with van der Waals surface area (Å²) < 4.78 is 30.0. The van der Waals surface area contributed by atoms with Gasteiger partial charge in [-0.2, -0.15) is 4.31 Å². The van der Waals surface area contributed by atoms with E-state index in [-0.39, 0.29) is 11.2 Å². The lowest BCUT2D eigenvalue weighted by Gasteiger charge is -2.34. The first-order valence-electron chi connectivity index (χ1n) is 10.2. The highest BCUT2D eigenvalue weighted by molar-refractivity contribution is 7.89. The fourth-order valence-electron chi connectivity index (χ4n) is 3.64. The van der Waals surface area contributed by atoms with E-state index in [1.54, 1.807) is 19.2 Å². The van der Waals surface area contributed by atoms with Crippen LogP contribution in [0.4, 0.5) is 0 Å². The Kier molecular flexibility index (Phi) is 6.64. The largest absolute Gasteiger partial charge is 0.330 e. The number of rotatable bonds is 6. The third kappa shape index (κ3) is 4.43. The summed E-state index contributed by atoms with van der Waals surface area (Å²) in [5, 5.41) is 0. The quantitative estimate of drug-likeness (QED) is 0.680. The van der Waals surface area contributed by atoms with E-state index in [4.69, 9.17) is 0 Å². The lowest BCUT2D eigenvalue weighted by molar-refractivity contribution is 0.177. The Bertz CT molecular complexity index is 1110. The normalized spacial score (nSPS) is 17.2. The minimum atomic E-state index is -3.54. The molecule has 1 aliphatic heterocycles. The van der Waals surface area contributed by atoms with Crippen LogP contribution >= 0.6 is 0 Å². The molecule has 0 saturated carbocycles. The number of sulfonamides is 1. The zero-order chi connectivity index (χ0) is 22.1. The first-order chi connectivity index (χ1) is 14.1. The number of hydrogen-bond acceptors (Lipinski definition) is 5. The summed E-state index contributed by atoms with van der Waals surface area (Å²) in [5.41, 5.74) is 1.07. The average Bonchev–Trinajstić information content (AvgIpc) is 2.76. The van der Waals surface area contributed by atoms with Crippen LogP contribution in [-0.4, -0.2) is 52.9 Å². The molecule has 8 nitrogen and oxygen atoms in total. The summed E-state index contributed by atoms with van der Waals surface area (Å²) in [5.74, 6) is 0.399. The van der Waals surface area contributed by atoms with Crippen molar-refractivity contribution in [3.05, 3.63) is 62.4 Å². The zero-order valence-corrected chi connectivity index (χ0v) is 18.9. The van der Waals surface area contributed by atoms with E-state index in [1.165, 1.54) is 22.0 Å². The van der Waals surface area contributed by atoms with Crippen LogP contribution in [0.2, 0.25) is 0 Å². The van der Waals surface area contributed by atoms with Gasteiger partial charge in [-0.1, -0.05) is 26.0 Å². The van der Waals surface area contributed by atoms with Gasteiger partial charge in [-0.25, -0.2) is 13.2 Å². The fourth-order valence-corrected chi connectivity index (χ4v) is 5.06. The van der Waals surface area contributed by atoms with Gasteiger partial charge >= 0.3 is 5.69 Å². The fraction of sp³-hybridized carbons (Fsp3) is 0.524. The molecule has 0 bridgehead atoms. The third-order valence-corrected chi connectivity index (χ3v) is 7.95. The molecule has 2 aromatic rings. The van der Waals surface area contributed by atoms with Crippen molar-refractivity contribution in [3.63, 3.8) is 0 Å². The van der Waals surface area contributed by atoms with Crippen molar-refractivity contribution < 1.29 is 8.42 Å². The molecular formula is C21H30N4O4S. The average molecular weight is 435 g/mol. The molecule has 1 atom stereocenters. The predicted molar refractivity (Wildman–Crippen MR) is 116 cm³/mol. The van der Waals surface area contributed by atoms with Crippen molar-refractivity contribution in [3.8, 4) is 0 Å². The Labute approximate surface area is 177 Å². The molecule has 1 saturated heterocycles. The van der Waals surface area contributed by atoms with Crippen LogP contribution in [0, 0.1) is 0 Å². The van der Waals surface area contributed by atoms with E-state index in [9.17, 15) is 18.0 Å². The van der Waals surface area contributed by atoms with Gasteiger partial charge in [0.25, 0.3) is 5.56 Å². The maximum atomic E-state index is 13.0. The lowest BCUT2D eigenvalue weighted by atomic mass is 9.99. The molecule has 0 aliphatic carbocycles. The molecule has 1 fully saturated rings. The zero-order valence-electron chi connectivity index (χ0n) is 18.0. The summed E-state index contributed by atoms with van der Waals surface area (Å²) in [4.78, 5) is 26.4. The lowest BCUT2D eigenvalue weighted by Crippen LogP contribution is -2.49. The molecule has 9 heteroatoms. The molecule has 1 aromatic heterocycles. The highest BCUT2D eigenvalue weighted by Crippen LogP contribution is 2.23. The van der Waals surface area contributed by atoms with Crippen LogP contribution in [0.5, 0.6) is 0 Å². The van der Waals surface area contributed by atoms with Crippen LogP contribution in [0.15, 0.2) is 44.8 Å². The van der Waals surface area contributed by atoms with Crippen molar-refractivity contribution in [1.29, 1.82) is 0 Å². The molecule has 0 spiro atoms. The van der Waals surface area contributed by atoms with Crippen LogP contribution in [0.1, 0.15) is 37.4 Å². The van der Waals surface area contributed by atoms with Crippen LogP contribution in [0.25, 0.3) is 0 Å². The van der Waals surface area contributed by atoms with Gasteiger partial charge in [-0.05, 0) is 30.0 Å². The number of aromatic nitrogens is 2. The molecule has 1 unspecified atom stereocenters. The molecule has 0 amide bonds. The summed E-state index contributed by atoms with van der Waals surface area (Å²) in [6, 6.07) is 8.64. The van der Waals surface area contributed by atoms with Gasteiger partial charge in [-0.15, -0.1) is 0 Å². The van der Waals surface area contributed by atoms with E-state index >= 15 is 0 Å². The van der Waals surface area contributed by atoms with Crippen molar-refractivity contribution in [2.24, 2.45) is 14.1 Å². The third-order valence-electron chi connectivity index (χ3n) is 6.04. The second-order valence-electron chi connectivity index (χ2n) is 7.93. The standard InChI is InChI=1S/C21H30N4O4S/c1-5-16(2)17-6-8-19(9-7-17)30(28,29)25-12-10-24(11-13-25)15-18-14-20(26)23(4)21(27)22(18)3/h6-9,14,16H,5,10-13,15H2,1-4H3. The van der Waals surface area contributed by atoms with Gasteiger partial charge in [0.05, 0.1) is 4.90 Å². The van der Waals surface area contributed by atoms with E-state index in [0.29, 0.717) is 49.2 Å². The minimum absolute atomic E-state index is 0.317. The number of nitrogens with zero attached hydrogens (tertiary/aromatic N) is 4. The maximum Gasteiger partial charge on any atom is 0.330 e. The summed E-state index contributed by atoms with van der Waals surface area (Å²) >= 11 is 0. The molecule has 2 heterocycles. The van der Waals surface area contributed by atoms with Gasteiger partial charge < -0.3 is 0 Å². The summed E-state index contributed by atoms with van der Waals surface area (Å²) in [7, 11) is -0.445. The van der Waals surface area contributed by atoms with Gasteiger partial charge in [0.1, 0.15) is 0 Å². The number of benzene rings is 1. The van der Waals surface area contributed by atoms with E-state index in [0.717, 1.165) is 16.6 Å². The minimum Gasteiger partial charge on any atom is -0.299 e. The first-order valence-corrected chi connectivity index (χ1v) is 11.7. The molecule has 0 N–H and O–H groups in total. The topological polar surface area (TPSA) is 84.6 Å². The van der Waals surface area contributed by atoms with Crippen molar-refractivity contribution in [2.45, 2.75) is 37.6 Å². The van der Waals surface area contributed by atoms with Crippen LogP contribution < -0.4 is 11.2 Å². The number of hydrogen-bond donors (Lipinski definition) is 0. The van der Waals surface area contributed by atoms with Crippen LogP contribution in [-0.2, 0) is 30.7 Å². The molecule has 1 aliphatic rings. The SMILES string of the molecule is CCC(C)c1ccc(S(=O)(=O)N2CCN(Cc3cc(=O)n(C)c(=O)n3C)CC2)cc1. The molecule has 164 valence electrons. The highest BCUT2D eigenvalue weighted by Gasteiger charge is 2.28. The Balaban J connectivity index is 1.68. The van der Waals surface area contributed by atoms with Gasteiger partial charge in [0, 0.05) is 58.6 Å². The first kappa shape index (κ1) is 22.5. The van der Waals surface area contributed by atoms with E-state index < -0.39 is 10.0 Å². The second kappa shape index (κ2) is 8.87. The van der Waals surface area contributed by atoms with E-state index in [1.807, 2.05) is 12.1 Å². The van der Waals surface area contributed by atoms with Crippen molar-refractivity contribution in [1.82, 2.24) is 18.3 Å². The van der Waals surface area contributed by atoms with E-state index in [2.05, 4.69) is 18.7 Å². The van der Waals surface area contributed by atoms with Gasteiger partial charge in [-0.3, -0.25) is 18.8 Å². The Hall–Kier alpha value is -2.23. The molecular weight excluding hydrogens is 404 g/mol. The number of piperazine rings is 1. The predicted octanol–water partition coefficient (Wildman–Crippen LogP) is 1.10. The van der Waals surface area contributed by atoms with Gasteiger partial charge in [0.2, 0.25) is 10.0 Å². The molecule has 3 rings (SSSR count). The van der Waals surface area contributed by atoms with Gasteiger partial charge in [0.15, 0.2) is 0 Å². The smallest absolute Gasteiger partial charge is 0.299 e. The summed E-state index contributed by atoms with van der Waals surface area (Å²) in [6.07, 6.45) is 1.01. The van der Waals surface area contributed by atoms with Crippen molar-refractivity contribution >= 4 is 10.0 Å². The Morgan fingerprint density at radius 1 is 0.967 bits per heavy atom. The maximum absolute atomic E-state index is 13.0. The Morgan fingerprint density at radius 3 is 2.13 bits per heavy atom. The van der Waals surface area contributed by atoms with Crippen LogP contribution in [0.3, 0.4) is 0 Å². The monoisotopic (exact) mass is 434 g/mol. The summed E-state index contributed by atoms with van der Waals surface area (Å²) in [6.45, 7) is 6.48. The molecule has 0 radical (unpaired) electrons. The van der Waals surface area contributed by atoms with Crippen molar-refractivity contribution in [2.75, 3.05) is 26.2 Å². The highest BCUT2D eigenvalue weighted by atomic mass is 32.2. The second-order valence-corrected chi connectivity index (χ2v) is 9.87. The Morgan fingerprint density at radius 2 is 1.57 bits per heavy atom.